The summed E-state index contributed by atoms with van der Waals surface area (Å²) in [6, 6.07) is 0. The first kappa shape index (κ1) is 11.7. The van der Waals surface area contributed by atoms with Crippen molar-refractivity contribution in [3.05, 3.63) is 0 Å². The molecule has 0 N–H and O–H groups in total. The molecule has 0 aliphatic heterocycles. The summed E-state index contributed by atoms with van der Waals surface area (Å²) >= 11 is 0. The third kappa shape index (κ3) is 2.00. The Balaban J connectivity index is 2.91. The number of ketones is 1. The molecule has 1 fully saturated rings. The van der Waals surface area contributed by atoms with Crippen LogP contribution in [-0.2, 0) is 23.9 Å². The molecule has 1 rings (SSSR count). The zero-order valence-electron chi connectivity index (χ0n) is 8.98. The number of hydrogen-bond donors (Lipinski definition) is 0. The summed E-state index contributed by atoms with van der Waals surface area (Å²) in [5.41, 5.74) is 0. The topological polar surface area (TPSA) is 69.7 Å². The molecule has 1 aliphatic rings. The molecule has 0 bridgehead atoms. The minimum absolute atomic E-state index is 0.0631. The monoisotopic (exact) mass is 214 g/mol. The van der Waals surface area contributed by atoms with Crippen molar-refractivity contribution in [2.45, 2.75) is 13.3 Å². The van der Waals surface area contributed by atoms with E-state index in [4.69, 9.17) is 0 Å². The summed E-state index contributed by atoms with van der Waals surface area (Å²) < 4.78 is 9.14. The van der Waals surface area contributed by atoms with Crippen molar-refractivity contribution in [2.75, 3.05) is 14.2 Å². The van der Waals surface area contributed by atoms with E-state index in [1.807, 2.05) is 0 Å². The summed E-state index contributed by atoms with van der Waals surface area (Å²) in [5, 5.41) is 0. The normalized spacial score (nSPS) is 30.1. The van der Waals surface area contributed by atoms with Gasteiger partial charge < -0.3 is 9.47 Å². The maximum absolute atomic E-state index is 11.4. The quantitative estimate of drug-likeness (QED) is 0.613. The Bertz CT molecular complexity index is 296. The molecule has 0 aromatic carbocycles. The van der Waals surface area contributed by atoms with Crippen LogP contribution in [0.5, 0.6) is 0 Å². The van der Waals surface area contributed by atoms with E-state index in [2.05, 4.69) is 9.47 Å². The van der Waals surface area contributed by atoms with Crippen molar-refractivity contribution in [1.82, 2.24) is 0 Å². The molecule has 0 saturated heterocycles. The first-order valence-corrected chi connectivity index (χ1v) is 4.71. The minimum Gasteiger partial charge on any atom is -0.469 e. The van der Waals surface area contributed by atoms with Gasteiger partial charge in [-0.2, -0.15) is 0 Å². The predicted octanol–water partition coefficient (Wildman–Crippen LogP) is 0.174. The molecule has 0 aromatic rings. The van der Waals surface area contributed by atoms with Gasteiger partial charge in [-0.25, -0.2) is 0 Å². The molecule has 0 heterocycles. The third-order valence-electron chi connectivity index (χ3n) is 2.88. The van der Waals surface area contributed by atoms with Gasteiger partial charge in [0.1, 0.15) is 5.78 Å². The first-order valence-electron chi connectivity index (χ1n) is 4.71. The zero-order chi connectivity index (χ0) is 11.6. The fourth-order valence-electron chi connectivity index (χ4n) is 1.96. The van der Waals surface area contributed by atoms with Crippen molar-refractivity contribution in [3.63, 3.8) is 0 Å². The molecule has 84 valence electrons. The highest BCUT2D eigenvalue weighted by molar-refractivity contribution is 5.96. The van der Waals surface area contributed by atoms with Crippen LogP contribution in [0.25, 0.3) is 0 Å². The Kier molecular flexibility index (Phi) is 3.44. The lowest BCUT2D eigenvalue weighted by Gasteiger charge is -2.16. The summed E-state index contributed by atoms with van der Waals surface area (Å²) in [6.45, 7) is 1.63. The molecule has 0 amide bonds. The van der Waals surface area contributed by atoms with E-state index in [1.165, 1.54) is 14.2 Å². The number of esters is 2. The van der Waals surface area contributed by atoms with Gasteiger partial charge in [-0.05, 0) is 0 Å². The average molecular weight is 214 g/mol. The van der Waals surface area contributed by atoms with E-state index >= 15 is 0 Å². The second-order valence-electron chi connectivity index (χ2n) is 3.64. The Morgan fingerprint density at radius 1 is 1.20 bits per heavy atom. The number of Topliss-reactive ketones (excluding diaryl/α,β-unsaturated/α-hetero) is 1. The van der Waals surface area contributed by atoms with Gasteiger partial charge in [-0.3, -0.25) is 14.4 Å². The molecule has 1 unspecified atom stereocenters. The summed E-state index contributed by atoms with van der Waals surface area (Å²) in [7, 11) is 2.48. The zero-order valence-corrected chi connectivity index (χ0v) is 8.98. The fraction of sp³-hybridized carbons (Fsp3) is 0.700. The minimum atomic E-state index is -0.699. The summed E-state index contributed by atoms with van der Waals surface area (Å²) in [6.07, 6.45) is 0.0631. The van der Waals surface area contributed by atoms with Gasteiger partial charge in [0.05, 0.1) is 26.1 Å². The van der Waals surface area contributed by atoms with Crippen molar-refractivity contribution in [1.29, 1.82) is 0 Å². The van der Waals surface area contributed by atoms with Crippen molar-refractivity contribution in [2.24, 2.45) is 17.8 Å². The van der Waals surface area contributed by atoms with Crippen molar-refractivity contribution >= 4 is 17.7 Å². The van der Waals surface area contributed by atoms with E-state index in [-0.39, 0.29) is 12.2 Å². The van der Waals surface area contributed by atoms with E-state index < -0.39 is 29.7 Å². The van der Waals surface area contributed by atoms with Crippen LogP contribution in [0, 0.1) is 17.8 Å². The van der Waals surface area contributed by atoms with Crippen LogP contribution in [0.1, 0.15) is 13.3 Å². The van der Waals surface area contributed by atoms with E-state index in [1.54, 1.807) is 6.92 Å². The molecule has 5 heteroatoms. The van der Waals surface area contributed by atoms with Gasteiger partial charge in [0.15, 0.2) is 0 Å². The number of carbonyl (C=O) groups excluding carboxylic acids is 3. The van der Waals surface area contributed by atoms with E-state index in [9.17, 15) is 14.4 Å². The number of ether oxygens (including phenoxy) is 2. The summed E-state index contributed by atoms with van der Waals surface area (Å²) in [4.78, 5) is 34.2. The van der Waals surface area contributed by atoms with E-state index in [0.29, 0.717) is 0 Å². The van der Waals surface area contributed by atoms with Crippen LogP contribution in [0.3, 0.4) is 0 Å². The third-order valence-corrected chi connectivity index (χ3v) is 2.88. The van der Waals surface area contributed by atoms with Gasteiger partial charge in [0.2, 0.25) is 0 Å². The van der Waals surface area contributed by atoms with Gasteiger partial charge in [-0.1, -0.05) is 6.92 Å². The SMILES string of the molecule is COC(=O)[C@@H]1CC(=O)C(C)[C@@H]1C(=O)OC. The Morgan fingerprint density at radius 3 is 2.20 bits per heavy atom. The molecule has 15 heavy (non-hydrogen) atoms. The molecule has 3 atom stereocenters. The molecule has 1 saturated carbocycles. The Hall–Kier alpha value is -1.39. The van der Waals surface area contributed by atoms with Crippen LogP contribution in [-0.4, -0.2) is 31.9 Å². The largest absolute Gasteiger partial charge is 0.469 e. The predicted molar refractivity (Wildman–Crippen MR) is 49.8 cm³/mol. The van der Waals surface area contributed by atoms with Crippen molar-refractivity contribution in [3.8, 4) is 0 Å². The molecule has 0 aromatic heterocycles. The maximum Gasteiger partial charge on any atom is 0.310 e. The Morgan fingerprint density at radius 2 is 1.73 bits per heavy atom. The maximum atomic E-state index is 11.4. The van der Waals surface area contributed by atoms with E-state index in [0.717, 1.165) is 0 Å². The molecule has 0 radical (unpaired) electrons. The number of methoxy groups -OCH3 is 2. The van der Waals surface area contributed by atoms with Crippen LogP contribution in [0.2, 0.25) is 0 Å². The molecule has 5 nitrogen and oxygen atoms in total. The standard InChI is InChI=1S/C10H14O5/c1-5-7(11)4-6(9(12)14-2)8(5)10(13)15-3/h5-6,8H,4H2,1-3H3/t5?,6-,8+/m1/s1. The molecule has 0 spiro atoms. The van der Waals surface area contributed by atoms with Crippen LogP contribution in [0.15, 0.2) is 0 Å². The van der Waals surface area contributed by atoms with Crippen LogP contribution < -0.4 is 0 Å². The van der Waals surface area contributed by atoms with Crippen LogP contribution in [0.4, 0.5) is 0 Å². The number of carbonyl (C=O) groups is 3. The molecular weight excluding hydrogens is 200 g/mol. The van der Waals surface area contributed by atoms with Gasteiger partial charge in [0.25, 0.3) is 0 Å². The average Bonchev–Trinajstić information content (AvgIpc) is 2.53. The Labute approximate surface area is 87.7 Å². The number of hydrogen-bond acceptors (Lipinski definition) is 5. The van der Waals surface area contributed by atoms with Gasteiger partial charge in [0, 0.05) is 12.3 Å². The second-order valence-corrected chi connectivity index (χ2v) is 3.64. The first-order chi connectivity index (χ1) is 7.02. The lowest BCUT2D eigenvalue weighted by molar-refractivity contribution is -0.157. The van der Waals surface area contributed by atoms with Gasteiger partial charge >= 0.3 is 11.9 Å². The fourth-order valence-corrected chi connectivity index (χ4v) is 1.96. The highest BCUT2D eigenvalue weighted by Crippen LogP contribution is 2.35. The second kappa shape index (κ2) is 4.42. The summed E-state index contributed by atoms with van der Waals surface area (Å²) in [5.74, 6) is -3.01. The highest BCUT2D eigenvalue weighted by atomic mass is 16.5. The molecule has 1 aliphatic carbocycles. The lowest BCUT2D eigenvalue weighted by Crippen LogP contribution is -2.30. The molecular formula is C10H14O5. The van der Waals surface area contributed by atoms with Crippen LogP contribution >= 0.6 is 0 Å². The number of rotatable bonds is 2. The van der Waals surface area contributed by atoms with Crippen molar-refractivity contribution < 1.29 is 23.9 Å². The smallest absolute Gasteiger partial charge is 0.310 e. The highest BCUT2D eigenvalue weighted by Gasteiger charge is 2.48. The lowest BCUT2D eigenvalue weighted by atomic mass is 9.90. The van der Waals surface area contributed by atoms with Gasteiger partial charge in [-0.15, -0.1) is 0 Å².